The molecule has 5 unspecified atom stereocenters. The molecule has 0 aliphatic heterocycles. The first kappa shape index (κ1) is 23.0. The maximum Gasteiger partial charge on any atom is 0.0549 e. The molecule has 1 nitrogen and oxygen atoms in total. The van der Waals surface area contributed by atoms with Crippen LogP contribution in [0.2, 0.25) is 0 Å². The van der Waals surface area contributed by atoms with Gasteiger partial charge in [-0.25, -0.2) is 0 Å². The summed E-state index contributed by atoms with van der Waals surface area (Å²) in [5.74, 6) is 4.18. The fraction of sp³-hybridized carbons (Fsp3) is 0.923. The molecule has 2 aliphatic carbocycles. The molecule has 0 amide bonds. The normalized spacial score (nSPS) is 33.9. The molecule has 0 spiro atoms. The van der Waals surface area contributed by atoms with Gasteiger partial charge in [0.05, 0.1) is 6.10 Å². The van der Waals surface area contributed by atoms with Crippen molar-refractivity contribution in [2.75, 3.05) is 0 Å². The summed E-state index contributed by atoms with van der Waals surface area (Å²) < 4.78 is 0. The average Bonchev–Trinajstić information content (AvgIpc) is 2.97. The van der Waals surface area contributed by atoms with Gasteiger partial charge in [0, 0.05) is 0 Å². The van der Waals surface area contributed by atoms with Crippen molar-refractivity contribution < 1.29 is 5.11 Å². The number of allylic oxidation sites excluding steroid dienone is 1. The Morgan fingerprint density at radius 1 is 1.15 bits per heavy atom. The van der Waals surface area contributed by atoms with Crippen molar-refractivity contribution >= 4 is 0 Å². The maximum absolute atomic E-state index is 9.81. The van der Waals surface area contributed by atoms with E-state index in [1.54, 1.807) is 0 Å². The largest absolute Gasteiger partial charge is 0.393 e. The van der Waals surface area contributed by atoms with Gasteiger partial charge in [0.1, 0.15) is 0 Å². The zero-order valence-electron chi connectivity index (χ0n) is 19.3. The average molecular weight is 377 g/mol. The van der Waals surface area contributed by atoms with Crippen LogP contribution < -0.4 is 0 Å². The van der Waals surface area contributed by atoms with E-state index in [1.807, 2.05) is 6.92 Å². The van der Waals surface area contributed by atoms with Crippen LogP contribution in [0, 0.1) is 35.0 Å². The Kier molecular flexibility index (Phi) is 8.91. The molecule has 2 aliphatic rings. The van der Waals surface area contributed by atoms with Crippen molar-refractivity contribution in [1.82, 2.24) is 0 Å². The highest BCUT2D eigenvalue weighted by atomic mass is 16.3. The van der Waals surface area contributed by atoms with Crippen LogP contribution >= 0.6 is 0 Å². The molecule has 27 heavy (non-hydrogen) atoms. The summed E-state index contributed by atoms with van der Waals surface area (Å²) in [5, 5.41) is 9.81. The van der Waals surface area contributed by atoms with E-state index < -0.39 is 0 Å². The van der Waals surface area contributed by atoms with E-state index in [9.17, 15) is 5.11 Å². The lowest BCUT2D eigenvalue weighted by atomic mass is 9.67. The van der Waals surface area contributed by atoms with Gasteiger partial charge in [-0.1, -0.05) is 72.0 Å². The number of hydrogen-bond acceptors (Lipinski definition) is 1. The van der Waals surface area contributed by atoms with Crippen LogP contribution in [0.4, 0.5) is 0 Å². The Bertz CT molecular complexity index is 463. The van der Waals surface area contributed by atoms with E-state index in [-0.39, 0.29) is 6.10 Å². The summed E-state index contributed by atoms with van der Waals surface area (Å²) in [7, 11) is 0. The SMILES string of the molecule is CC(C)CCC[C@@H](C)C1CCCC1(C)CCC1CCC=C(CC(C)O)C1C. The molecular formula is C26H48O. The summed E-state index contributed by atoms with van der Waals surface area (Å²) in [4.78, 5) is 0. The van der Waals surface area contributed by atoms with Gasteiger partial charge in [-0.15, -0.1) is 0 Å². The third-order valence-electron chi connectivity index (χ3n) is 8.14. The number of rotatable bonds is 10. The summed E-state index contributed by atoms with van der Waals surface area (Å²) in [5.41, 5.74) is 2.10. The van der Waals surface area contributed by atoms with Crippen LogP contribution in [0.3, 0.4) is 0 Å². The predicted octanol–water partition coefficient (Wildman–Crippen LogP) is 7.78. The molecule has 1 heteroatoms. The Hall–Kier alpha value is -0.300. The fourth-order valence-corrected chi connectivity index (χ4v) is 6.33. The highest BCUT2D eigenvalue weighted by Gasteiger charge is 2.41. The number of aliphatic hydroxyl groups excluding tert-OH is 1. The minimum absolute atomic E-state index is 0.194. The first-order chi connectivity index (χ1) is 12.7. The van der Waals surface area contributed by atoms with Crippen LogP contribution in [0.5, 0.6) is 0 Å². The number of aliphatic hydroxyl groups is 1. The molecule has 0 aromatic carbocycles. The van der Waals surface area contributed by atoms with Crippen molar-refractivity contribution in [2.45, 2.75) is 118 Å². The van der Waals surface area contributed by atoms with Crippen LogP contribution in [0.25, 0.3) is 0 Å². The fourth-order valence-electron chi connectivity index (χ4n) is 6.33. The Morgan fingerprint density at radius 2 is 1.89 bits per heavy atom. The highest BCUT2D eigenvalue weighted by Crippen LogP contribution is 2.52. The second-order valence-electron chi connectivity index (χ2n) is 11.0. The molecule has 0 bridgehead atoms. The first-order valence-corrected chi connectivity index (χ1v) is 12.1. The zero-order chi connectivity index (χ0) is 20.0. The molecule has 6 atom stereocenters. The smallest absolute Gasteiger partial charge is 0.0549 e. The lowest BCUT2D eigenvalue weighted by molar-refractivity contribution is 0.124. The van der Waals surface area contributed by atoms with E-state index in [0.29, 0.717) is 11.3 Å². The molecule has 1 saturated carbocycles. The molecule has 0 saturated heterocycles. The van der Waals surface area contributed by atoms with E-state index in [2.05, 4.69) is 40.7 Å². The lowest BCUT2D eigenvalue weighted by Gasteiger charge is -2.39. The molecule has 1 N–H and O–H groups in total. The van der Waals surface area contributed by atoms with E-state index in [4.69, 9.17) is 0 Å². The minimum Gasteiger partial charge on any atom is -0.393 e. The Morgan fingerprint density at radius 3 is 2.56 bits per heavy atom. The van der Waals surface area contributed by atoms with E-state index >= 15 is 0 Å². The van der Waals surface area contributed by atoms with Gasteiger partial charge in [0.25, 0.3) is 0 Å². The van der Waals surface area contributed by atoms with Crippen molar-refractivity contribution in [3.63, 3.8) is 0 Å². The van der Waals surface area contributed by atoms with E-state index in [0.717, 1.165) is 30.1 Å². The van der Waals surface area contributed by atoms with Crippen LogP contribution in [0.15, 0.2) is 11.6 Å². The van der Waals surface area contributed by atoms with Crippen molar-refractivity contribution in [1.29, 1.82) is 0 Å². The third kappa shape index (κ3) is 6.62. The molecule has 0 aromatic rings. The quantitative estimate of drug-likeness (QED) is 0.386. The highest BCUT2D eigenvalue weighted by molar-refractivity contribution is 5.12. The standard InChI is InChI=1S/C26H48O/c1-19(2)10-7-11-20(3)25-14-9-16-26(25,6)17-15-23-12-8-13-24(22(23)5)18-21(4)27/h13,19-23,25,27H,7-12,14-18H2,1-6H3/t20-,21?,22?,23?,25?,26?/m1/s1. The summed E-state index contributed by atoms with van der Waals surface area (Å²) in [6.07, 6.45) is 17.1. The van der Waals surface area contributed by atoms with Gasteiger partial charge in [-0.2, -0.15) is 0 Å². The van der Waals surface area contributed by atoms with Crippen LogP contribution in [-0.4, -0.2) is 11.2 Å². The monoisotopic (exact) mass is 376 g/mol. The van der Waals surface area contributed by atoms with Crippen LogP contribution in [0.1, 0.15) is 112 Å². The molecule has 1 fully saturated rings. The van der Waals surface area contributed by atoms with Gasteiger partial charge in [0.2, 0.25) is 0 Å². The minimum atomic E-state index is -0.194. The summed E-state index contributed by atoms with van der Waals surface area (Å²) in [6, 6.07) is 0. The second-order valence-corrected chi connectivity index (χ2v) is 11.0. The second kappa shape index (κ2) is 10.5. The Balaban J connectivity index is 1.88. The van der Waals surface area contributed by atoms with Gasteiger partial charge >= 0.3 is 0 Å². The molecule has 0 heterocycles. The van der Waals surface area contributed by atoms with Crippen molar-refractivity contribution in [3.8, 4) is 0 Å². The zero-order valence-corrected chi connectivity index (χ0v) is 19.3. The molecular weight excluding hydrogens is 328 g/mol. The predicted molar refractivity (Wildman–Crippen MR) is 119 cm³/mol. The molecule has 0 aromatic heterocycles. The summed E-state index contributed by atoms with van der Waals surface area (Å²) in [6.45, 7) is 14.2. The molecule has 0 radical (unpaired) electrons. The first-order valence-electron chi connectivity index (χ1n) is 12.1. The summed E-state index contributed by atoms with van der Waals surface area (Å²) >= 11 is 0. The molecule has 2 rings (SSSR count). The number of hydrogen-bond donors (Lipinski definition) is 1. The van der Waals surface area contributed by atoms with Crippen LogP contribution in [-0.2, 0) is 0 Å². The third-order valence-corrected chi connectivity index (χ3v) is 8.14. The van der Waals surface area contributed by atoms with E-state index in [1.165, 1.54) is 69.8 Å². The topological polar surface area (TPSA) is 20.2 Å². The van der Waals surface area contributed by atoms with Gasteiger partial charge in [0.15, 0.2) is 0 Å². The lowest BCUT2D eigenvalue weighted by Crippen LogP contribution is -2.29. The van der Waals surface area contributed by atoms with Gasteiger partial charge < -0.3 is 5.11 Å². The molecule has 158 valence electrons. The van der Waals surface area contributed by atoms with Crippen molar-refractivity contribution in [3.05, 3.63) is 11.6 Å². The van der Waals surface area contributed by atoms with Crippen molar-refractivity contribution in [2.24, 2.45) is 35.0 Å². The maximum atomic E-state index is 9.81. The van der Waals surface area contributed by atoms with Gasteiger partial charge in [-0.05, 0) is 86.9 Å². The Labute approximate surface area is 170 Å². The van der Waals surface area contributed by atoms with Gasteiger partial charge in [-0.3, -0.25) is 0 Å².